The van der Waals surface area contributed by atoms with Gasteiger partial charge in [0.25, 0.3) is 0 Å². The third-order valence-corrected chi connectivity index (χ3v) is 4.76. The van der Waals surface area contributed by atoms with E-state index in [0.717, 1.165) is 12.0 Å². The molecule has 3 atom stereocenters. The summed E-state index contributed by atoms with van der Waals surface area (Å²) in [5.74, 6) is 5.86. The molecule has 6 nitrogen and oxygen atoms in total. The van der Waals surface area contributed by atoms with Crippen LogP contribution in [0.25, 0.3) is 0 Å². The zero-order valence-electron chi connectivity index (χ0n) is 18.9. The van der Waals surface area contributed by atoms with Gasteiger partial charge in [0.1, 0.15) is 19.7 Å². The van der Waals surface area contributed by atoms with Crippen LogP contribution in [0.5, 0.6) is 0 Å². The van der Waals surface area contributed by atoms with Crippen molar-refractivity contribution in [2.24, 2.45) is 0 Å². The first kappa shape index (κ1) is 24.8. The Kier molecular flexibility index (Phi) is 10.3. The van der Waals surface area contributed by atoms with Crippen LogP contribution in [0.1, 0.15) is 52.5 Å². The second-order valence-corrected chi connectivity index (χ2v) is 8.28. The Morgan fingerprint density at radius 3 is 2.60 bits per heavy atom. The van der Waals surface area contributed by atoms with E-state index in [-0.39, 0.29) is 25.8 Å². The lowest BCUT2D eigenvalue weighted by Crippen LogP contribution is -2.43. The van der Waals surface area contributed by atoms with E-state index in [1.54, 1.807) is 7.11 Å². The van der Waals surface area contributed by atoms with Crippen LogP contribution in [0.3, 0.4) is 0 Å². The molecule has 0 N–H and O–H groups in total. The molecule has 2 rings (SSSR count). The van der Waals surface area contributed by atoms with Crippen LogP contribution < -0.4 is 0 Å². The van der Waals surface area contributed by atoms with Gasteiger partial charge >= 0.3 is 0 Å². The summed E-state index contributed by atoms with van der Waals surface area (Å²) in [5, 5.41) is 0. The monoisotopic (exact) mass is 420 g/mol. The summed E-state index contributed by atoms with van der Waals surface area (Å²) < 4.78 is 33.8. The predicted octanol–water partition coefficient (Wildman–Crippen LogP) is 4.27. The van der Waals surface area contributed by atoms with Gasteiger partial charge < -0.3 is 28.4 Å². The largest absolute Gasteiger partial charge is 0.359 e. The number of methoxy groups -OCH3 is 1. The highest BCUT2D eigenvalue weighted by molar-refractivity contribution is 5.13. The first-order valence-corrected chi connectivity index (χ1v) is 10.5. The van der Waals surface area contributed by atoms with Crippen LogP contribution in [0, 0.1) is 11.8 Å². The summed E-state index contributed by atoms with van der Waals surface area (Å²) in [5.41, 5.74) is 0.645. The van der Waals surface area contributed by atoms with Gasteiger partial charge in [0.15, 0.2) is 5.79 Å². The summed E-state index contributed by atoms with van der Waals surface area (Å²) in [6, 6.07) is 10.0. The molecule has 1 heterocycles. The minimum atomic E-state index is -0.611. The Labute approximate surface area is 181 Å². The zero-order valence-corrected chi connectivity index (χ0v) is 18.9. The van der Waals surface area contributed by atoms with Crippen LogP contribution in [-0.2, 0) is 35.0 Å². The molecule has 1 aromatic carbocycles. The van der Waals surface area contributed by atoms with Gasteiger partial charge in [-0.25, -0.2) is 0 Å². The van der Waals surface area contributed by atoms with E-state index in [1.807, 2.05) is 58.0 Å². The quantitative estimate of drug-likeness (QED) is 0.303. The van der Waals surface area contributed by atoms with E-state index < -0.39 is 11.4 Å². The fourth-order valence-corrected chi connectivity index (χ4v) is 3.25. The molecule has 168 valence electrons. The lowest BCUT2D eigenvalue weighted by molar-refractivity contribution is -0.284. The van der Waals surface area contributed by atoms with E-state index in [9.17, 15) is 0 Å². The number of benzene rings is 1. The van der Waals surface area contributed by atoms with Gasteiger partial charge in [0, 0.05) is 26.4 Å². The molecule has 0 bridgehead atoms. The second kappa shape index (κ2) is 12.4. The fraction of sp³-hybridized carbons (Fsp3) is 0.667. The van der Waals surface area contributed by atoms with Crippen molar-refractivity contribution in [2.75, 3.05) is 27.3 Å². The van der Waals surface area contributed by atoms with E-state index in [2.05, 4.69) is 11.8 Å². The molecule has 0 amide bonds. The van der Waals surface area contributed by atoms with Crippen LogP contribution in [0.15, 0.2) is 30.3 Å². The Morgan fingerprint density at radius 2 is 1.90 bits per heavy atom. The molecular weight excluding hydrogens is 384 g/mol. The third kappa shape index (κ3) is 9.57. The maximum Gasteiger partial charge on any atom is 0.164 e. The minimum Gasteiger partial charge on any atom is -0.359 e. The average Bonchev–Trinajstić information content (AvgIpc) is 2.68. The third-order valence-electron chi connectivity index (χ3n) is 4.76. The number of hydrogen-bond acceptors (Lipinski definition) is 6. The molecule has 1 saturated heterocycles. The van der Waals surface area contributed by atoms with Gasteiger partial charge in [0.05, 0.1) is 24.9 Å². The minimum absolute atomic E-state index is 0.119. The molecular formula is C24H36O6. The van der Waals surface area contributed by atoms with Crippen molar-refractivity contribution in [3.63, 3.8) is 0 Å². The number of ether oxygens (including phenoxy) is 6. The first-order valence-electron chi connectivity index (χ1n) is 10.5. The Bertz CT molecular complexity index is 665. The molecule has 0 aliphatic carbocycles. The van der Waals surface area contributed by atoms with E-state index in [4.69, 9.17) is 28.4 Å². The Hall–Kier alpha value is -1.46. The standard InChI is InChI=1S/C24H36O6/c1-20-16-22(30-23(2,3)29-20)12-9-13-24(4,28-18-25-5)14-15-26-19-27-17-21-10-7-6-8-11-21/h6-8,10-11,20,22H,13-19H2,1-5H3/t20-,22+,24-/m0/s1. The molecule has 1 aromatic rings. The molecule has 0 spiro atoms. The maximum absolute atomic E-state index is 5.90. The highest BCUT2D eigenvalue weighted by atomic mass is 16.7. The van der Waals surface area contributed by atoms with Crippen molar-refractivity contribution in [3.8, 4) is 11.8 Å². The lowest BCUT2D eigenvalue weighted by Gasteiger charge is -2.37. The van der Waals surface area contributed by atoms with Gasteiger partial charge in [-0.2, -0.15) is 0 Å². The van der Waals surface area contributed by atoms with Crippen LogP contribution in [-0.4, -0.2) is 50.9 Å². The van der Waals surface area contributed by atoms with E-state index >= 15 is 0 Å². The highest BCUT2D eigenvalue weighted by Gasteiger charge is 2.32. The lowest BCUT2D eigenvalue weighted by atomic mass is 9.98. The molecule has 1 aliphatic heterocycles. The van der Waals surface area contributed by atoms with E-state index in [1.165, 1.54) is 0 Å². The molecule has 0 radical (unpaired) electrons. The van der Waals surface area contributed by atoms with Gasteiger partial charge in [-0.05, 0) is 33.3 Å². The van der Waals surface area contributed by atoms with Gasteiger partial charge in [-0.1, -0.05) is 42.2 Å². The molecule has 0 aromatic heterocycles. The van der Waals surface area contributed by atoms with Crippen molar-refractivity contribution in [3.05, 3.63) is 35.9 Å². The van der Waals surface area contributed by atoms with Crippen molar-refractivity contribution < 1.29 is 28.4 Å². The normalized spacial score (nSPS) is 22.7. The van der Waals surface area contributed by atoms with Crippen molar-refractivity contribution in [1.29, 1.82) is 0 Å². The first-order chi connectivity index (χ1) is 14.3. The summed E-state index contributed by atoms with van der Waals surface area (Å²) in [7, 11) is 1.61. The van der Waals surface area contributed by atoms with Crippen LogP contribution in [0.2, 0.25) is 0 Å². The summed E-state index contributed by atoms with van der Waals surface area (Å²) >= 11 is 0. The molecule has 30 heavy (non-hydrogen) atoms. The predicted molar refractivity (Wildman–Crippen MR) is 115 cm³/mol. The summed E-state index contributed by atoms with van der Waals surface area (Å²) in [4.78, 5) is 0. The van der Waals surface area contributed by atoms with Crippen molar-refractivity contribution >= 4 is 0 Å². The van der Waals surface area contributed by atoms with Gasteiger partial charge in [-0.15, -0.1) is 0 Å². The van der Waals surface area contributed by atoms with E-state index in [0.29, 0.717) is 26.1 Å². The van der Waals surface area contributed by atoms with Crippen LogP contribution >= 0.6 is 0 Å². The maximum atomic E-state index is 5.90. The Balaban J connectivity index is 1.76. The van der Waals surface area contributed by atoms with Gasteiger partial charge in [0.2, 0.25) is 0 Å². The smallest absolute Gasteiger partial charge is 0.164 e. The Morgan fingerprint density at radius 1 is 1.13 bits per heavy atom. The molecule has 1 fully saturated rings. The zero-order chi connectivity index (χ0) is 21.9. The summed E-state index contributed by atoms with van der Waals surface area (Å²) in [6.45, 7) is 9.39. The molecule has 0 unspecified atom stereocenters. The van der Waals surface area contributed by atoms with Crippen molar-refractivity contribution in [2.45, 2.75) is 77.2 Å². The molecule has 0 saturated carbocycles. The number of rotatable bonds is 11. The van der Waals surface area contributed by atoms with Crippen molar-refractivity contribution in [1.82, 2.24) is 0 Å². The van der Waals surface area contributed by atoms with Gasteiger partial charge in [-0.3, -0.25) is 0 Å². The number of hydrogen-bond donors (Lipinski definition) is 0. The summed E-state index contributed by atoms with van der Waals surface area (Å²) in [6.07, 6.45) is 1.97. The molecule has 6 heteroatoms. The topological polar surface area (TPSA) is 55.4 Å². The fourth-order valence-electron chi connectivity index (χ4n) is 3.25. The molecule has 1 aliphatic rings. The second-order valence-electron chi connectivity index (χ2n) is 8.28. The van der Waals surface area contributed by atoms with Crippen LogP contribution in [0.4, 0.5) is 0 Å². The highest BCUT2D eigenvalue weighted by Crippen LogP contribution is 2.26. The average molecular weight is 421 g/mol. The SMILES string of the molecule is COCO[C@@](C)(CC#C[C@@H]1C[C@H](C)OC(C)(C)O1)CCOCOCc1ccccc1.